The number of rotatable bonds is 6. The summed E-state index contributed by atoms with van der Waals surface area (Å²) in [4.78, 5) is 32.7. The lowest BCUT2D eigenvalue weighted by Crippen LogP contribution is -2.37. The van der Waals surface area contributed by atoms with Gasteiger partial charge in [-0.05, 0) is 31.2 Å². The monoisotopic (exact) mass is 365 g/mol. The first kappa shape index (κ1) is 17.3. The van der Waals surface area contributed by atoms with Crippen molar-refractivity contribution < 1.29 is 9.59 Å². The fourth-order valence-electron chi connectivity index (χ4n) is 4.10. The number of aromatic amines is 1. The summed E-state index contributed by atoms with van der Waals surface area (Å²) in [6, 6.07) is 7.99. The van der Waals surface area contributed by atoms with Crippen LogP contribution in [0.25, 0.3) is 21.8 Å². The molecule has 1 aliphatic rings. The van der Waals surface area contributed by atoms with Crippen LogP contribution in [0.1, 0.15) is 29.6 Å². The first-order chi connectivity index (χ1) is 13.2. The number of hydrogen-bond acceptors (Lipinski definition) is 4. The Balaban J connectivity index is 1.76. The van der Waals surface area contributed by atoms with E-state index in [1.807, 2.05) is 24.3 Å². The molecule has 0 bridgehead atoms. The molecule has 27 heavy (non-hydrogen) atoms. The van der Waals surface area contributed by atoms with E-state index in [1.54, 1.807) is 6.20 Å². The molecule has 4 N–H and O–H groups in total. The van der Waals surface area contributed by atoms with E-state index in [2.05, 4.69) is 20.2 Å². The summed E-state index contributed by atoms with van der Waals surface area (Å²) in [5.74, 6) is 0.909. The topological polar surface area (TPSA) is 104 Å². The van der Waals surface area contributed by atoms with Crippen molar-refractivity contribution in [1.29, 1.82) is 0 Å². The van der Waals surface area contributed by atoms with Gasteiger partial charge in [0.25, 0.3) is 5.91 Å². The highest BCUT2D eigenvalue weighted by atomic mass is 16.1. The van der Waals surface area contributed by atoms with E-state index < -0.39 is 5.91 Å². The minimum Gasteiger partial charge on any atom is -0.365 e. The summed E-state index contributed by atoms with van der Waals surface area (Å²) in [5, 5.41) is 4.75. The van der Waals surface area contributed by atoms with Crippen molar-refractivity contribution in [2.45, 2.75) is 19.3 Å². The predicted molar refractivity (Wildman–Crippen MR) is 106 cm³/mol. The molecule has 3 aromatic rings. The lowest BCUT2D eigenvalue weighted by molar-refractivity contribution is -0.109. The highest BCUT2D eigenvalue weighted by molar-refractivity contribution is 6.18. The van der Waals surface area contributed by atoms with Gasteiger partial charge in [0.1, 0.15) is 5.82 Å². The fraction of sp³-hybridized carbons (Fsp3) is 0.350. The van der Waals surface area contributed by atoms with Crippen molar-refractivity contribution in [2.75, 3.05) is 24.5 Å². The second-order valence-corrected chi connectivity index (χ2v) is 7.10. The van der Waals surface area contributed by atoms with Gasteiger partial charge < -0.3 is 20.9 Å². The highest BCUT2D eigenvalue weighted by Crippen LogP contribution is 2.35. The van der Waals surface area contributed by atoms with Crippen LogP contribution in [0.3, 0.4) is 0 Å². The third-order valence-corrected chi connectivity index (χ3v) is 5.38. The first-order valence-electron chi connectivity index (χ1n) is 9.30. The predicted octanol–water partition coefficient (Wildman–Crippen LogP) is 2.17. The van der Waals surface area contributed by atoms with E-state index >= 15 is 0 Å². The number of pyridine rings is 1. The summed E-state index contributed by atoms with van der Waals surface area (Å²) < 4.78 is 0. The Bertz CT molecular complexity index is 997. The molecular formula is C20H23N5O2. The van der Waals surface area contributed by atoms with E-state index in [9.17, 15) is 9.59 Å². The number of para-hydroxylation sites is 1. The number of piperidine rings is 1. The molecule has 2 amide bonds. The standard InChI is InChI=1S/C20H23N5O2/c21-19(27)15-10-23-20(17-14-5-1-2-6-16(14)24-18(15)17)25-9-3-4-13(11-25)7-8-22-12-26/h1-2,5-6,10,12-13,24H,3-4,7-9,11H2,(H2,21,27)(H,22,26)/t13-/m1/s1. The summed E-state index contributed by atoms with van der Waals surface area (Å²) in [5.41, 5.74) is 7.70. The molecule has 1 aliphatic heterocycles. The maximum Gasteiger partial charge on any atom is 0.252 e. The van der Waals surface area contributed by atoms with Crippen LogP contribution < -0.4 is 16.0 Å². The number of nitrogens with zero attached hydrogens (tertiary/aromatic N) is 2. The van der Waals surface area contributed by atoms with Gasteiger partial charge in [0.15, 0.2) is 0 Å². The lowest BCUT2D eigenvalue weighted by Gasteiger charge is -2.34. The summed E-state index contributed by atoms with van der Waals surface area (Å²) in [6.07, 6.45) is 5.50. The van der Waals surface area contributed by atoms with Gasteiger partial charge in [0.05, 0.1) is 16.5 Å². The molecular weight excluding hydrogens is 342 g/mol. The van der Waals surface area contributed by atoms with Crippen LogP contribution in [-0.2, 0) is 4.79 Å². The number of amides is 2. The molecule has 1 aromatic carbocycles. The smallest absolute Gasteiger partial charge is 0.252 e. The Morgan fingerprint density at radius 2 is 2.26 bits per heavy atom. The molecule has 4 rings (SSSR count). The Morgan fingerprint density at radius 3 is 3.07 bits per heavy atom. The van der Waals surface area contributed by atoms with Crippen LogP contribution in [0, 0.1) is 5.92 Å². The van der Waals surface area contributed by atoms with Gasteiger partial charge in [-0.3, -0.25) is 9.59 Å². The average molecular weight is 365 g/mol. The minimum absolute atomic E-state index is 0.411. The van der Waals surface area contributed by atoms with Crippen molar-refractivity contribution in [3.8, 4) is 0 Å². The van der Waals surface area contributed by atoms with Crippen molar-refractivity contribution in [1.82, 2.24) is 15.3 Å². The molecule has 0 aliphatic carbocycles. The molecule has 0 unspecified atom stereocenters. The number of nitrogens with one attached hydrogen (secondary N) is 2. The van der Waals surface area contributed by atoms with Gasteiger partial charge in [-0.2, -0.15) is 0 Å². The number of primary amides is 1. The fourth-order valence-corrected chi connectivity index (χ4v) is 4.10. The summed E-state index contributed by atoms with van der Waals surface area (Å²) in [6.45, 7) is 2.51. The number of benzene rings is 1. The van der Waals surface area contributed by atoms with Crippen LogP contribution in [0.4, 0.5) is 5.82 Å². The van der Waals surface area contributed by atoms with Crippen LogP contribution in [0.2, 0.25) is 0 Å². The first-order valence-corrected chi connectivity index (χ1v) is 9.30. The van der Waals surface area contributed by atoms with Crippen LogP contribution in [-0.4, -0.2) is 41.9 Å². The number of hydrogen-bond donors (Lipinski definition) is 3. The second kappa shape index (κ2) is 7.26. The molecule has 1 fully saturated rings. The number of H-pyrrole nitrogens is 1. The zero-order chi connectivity index (χ0) is 18.8. The second-order valence-electron chi connectivity index (χ2n) is 7.10. The molecule has 1 atom stereocenters. The van der Waals surface area contributed by atoms with Crippen molar-refractivity contribution in [3.63, 3.8) is 0 Å². The van der Waals surface area contributed by atoms with E-state index in [4.69, 9.17) is 5.73 Å². The Kier molecular flexibility index (Phi) is 4.66. The summed E-state index contributed by atoms with van der Waals surface area (Å²) in [7, 11) is 0. The SMILES string of the molecule is NC(=O)c1cnc(N2CCC[C@H](CCNC=O)C2)c2c1[nH]c1ccccc12. The van der Waals surface area contributed by atoms with E-state index in [0.29, 0.717) is 18.0 Å². The van der Waals surface area contributed by atoms with E-state index in [0.717, 1.165) is 66.4 Å². The number of nitrogens with two attached hydrogens (primary N) is 1. The lowest BCUT2D eigenvalue weighted by atomic mass is 9.94. The van der Waals surface area contributed by atoms with Gasteiger partial charge in [-0.15, -0.1) is 0 Å². The molecule has 140 valence electrons. The summed E-state index contributed by atoms with van der Waals surface area (Å²) >= 11 is 0. The van der Waals surface area contributed by atoms with Gasteiger partial charge in [0, 0.05) is 36.7 Å². The molecule has 0 saturated carbocycles. The zero-order valence-corrected chi connectivity index (χ0v) is 15.1. The largest absolute Gasteiger partial charge is 0.365 e. The van der Waals surface area contributed by atoms with Crippen LogP contribution in [0.5, 0.6) is 0 Å². The van der Waals surface area contributed by atoms with E-state index in [1.165, 1.54) is 0 Å². The number of anilines is 1. The molecule has 7 nitrogen and oxygen atoms in total. The molecule has 2 aromatic heterocycles. The Morgan fingerprint density at radius 1 is 1.41 bits per heavy atom. The minimum atomic E-state index is -0.484. The van der Waals surface area contributed by atoms with Crippen LogP contribution in [0.15, 0.2) is 30.5 Å². The zero-order valence-electron chi connectivity index (χ0n) is 15.1. The third-order valence-electron chi connectivity index (χ3n) is 5.38. The van der Waals surface area contributed by atoms with Gasteiger partial charge in [0.2, 0.25) is 6.41 Å². The molecule has 3 heterocycles. The normalized spacial score (nSPS) is 17.3. The molecule has 1 saturated heterocycles. The molecule has 7 heteroatoms. The van der Waals surface area contributed by atoms with Crippen molar-refractivity contribution >= 4 is 39.9 Å². The van der Waals surface area contributed by atoms with Crippen molar-refractivity contribution in [2.24, 2.45) is 11.7 Å². The number of carbonyl (C=O) groups excluding carboxylic acids is 2. The van der Waals surface area contributed by atoms with Gasteiger partial charge >= 0.3 is 0 Å². The number of aromatic nitrogens is 2. The highest BCUT2D eigenvalue weighted by Gasteiger charge is 2.25. The molecule has 0 radical (unpaired) electrons. The maximum atomic E-state index is 11.9. The van der Waals surface area contributed by atoms with Gasteiger partial charge in [-0.1, -0.05) is 18.2 Å². The number of fused-ring (bicyclic) bond motifs is 3. The quantitative estimate of drug-likeness (QED) is 0.460. The maximum absolute atomic E-state index is 11.9. The van der Waals surface area contributed by atoms with Crippen molar-refractivity contribution in [3.05, 3.63) is 36.0 Å². The van der Waals surface area contributed by atoms with E-state index in [-0.39, 0.29) is 0 Å². The average Bonchev–Trinajstić information content (AvgIpc) is 3.07. The van der Waals surface area contributed by atoms with Crippen LogP contribution >= 0.6 is 0 Å². The number of carbonyl (C=O) groups is 2. The Hall–Kier alpha value is -3.09. The third kappa shape index (κ3) is 3.20. The van der Waals surface area contributed by atoms with Gasteiger partial charge in [-0.25, -0.2) is 4.98 Å². The molecule has 0 spiro atoms. The Labute approximate surface area is 156 Å².